The first-order chi connectivity index (χ1) is 6.63. The van der Waals surface area contributed by atoms with Gasteiger partial charge in [0.1, 0.15) is 0 Å². The first kappa shape index (κ1) is 11.1. The molecule has 1 rings (SSSR count). The molecule has 1 aromatic carbocycles. The van der Waals surface area contributed by atoms with Gasteiger partial charge in [-0.25, -0.2) is 0 Å². The first-order valence-electron chi connectivity index (χ1n) is 4.49. The van der Waals surface area contributed by atoms with Crippen LogP contribution in [0, 0.1) is 6.92 Å². The maximum Gasteiger partial charge on any atom is 0.303 e. The standard InChI is InChI=1S/C11H14O2S/c1-8-7-9(4-6-11(12)13)3-5-10(8)14-2/h3,5,7H,4,6H2,1-2H3,(H,12,13). The van der Waals surface area contributed by atoms with E-state index in [1.165, 1.54) is 10.5 Å². The molecule has 0 saturated carbocycles. The number of hydrogen-bond acceptors (Lipinski definition) is 2. The van der Waals surface area contributed by atoms with Gasteiger partial charge in [-0.15, -0.1) is 11.8 Å². The van der Waals surface area contributed by atoms with E-state index < -0.39 is 5.97 Å². The van der Waals surface area contributed by atoms with Gasteiger partial charge in [0, 0.05) is 11.3 Å². The SMILES string of the molecule is CSc1ccc(CCC(=O)O)cc1C. The van der Waals surface area contributed by atoms with E-state index in [0.29, 0.717) is 6.42 Å². The third kappa shape index (κ3) is 3.07. The van der Waals surface area contributed by atoms with Crippen LogP contribution in [-0.4, -0.2) is 17.3 Å². The van der Waals surface area contributed by atoms with Crippen molar-refractivity contribution in [3.63, 3.8) is 0 Å². The van der Waals surface area contributed by atoms with Crippen LogP contribution in [0.1, 0.15) is 17.5 Å². The summed E-state index contributed by atoms with van der Waals surface area (Å²) in [6.45, 7) is 2.05. The average molecular weight is 210 g/mol. The number of aryl methyl sites for hydroxylation is 2. The number of hydrogen-bond donors (Lipinski definition) is 1. The zero-order valence-electron chi connectivity index (χ0n) is 8.41. The summed E-state index contributed by atoms with van der Waals surface area (Å²) in [6, 6.07) is 6.12. The van der Waals surface area contributed by atoms with Crippen LogP contribution < -0.4 is 0 Å². The second kappa shape index (κ2) is 5.05. The monoisotopic (exact) mass is 210 g/mol. The van der Waals surface area contributed by atoms with Gasteiger partial charge in [0.05, 0.1) is 0 Å². The van der Waals surface area contributed by atoms with Crippen molar-refractivity contribution in [2.24, 2.45) is 0 Å². The summed E-state index contributed by atoms with van der Waals surface area (Å²) in [7, 11) is 0. The van der Waals surface area contributed by atoms with Gasteiger partial charge in [0.25, 0.3) is 0 Å². The predicted molar refractivity (Wildman–Crippen MR) is 58.9 cm³/mol. The summed E-state index contributed by atoms with van der Waals surface area (Å²) in [5.74, 6) is -0.739. The number of rotatable bonds is 4. The molecular formula is C11H14O2S. The average Bonchev–Trinajstić information content (AvgIpc) is 2.15. The van der Waals surface area contributed by atoms with Crippen LogP contribution in [0.25, 0.3) is 0 Å². The van der Waals surface area contributed by atoms with Crippen molar-refractivity contribution in [3.05, 3.63) is 29.3 Å². The molecule has 0 aliphatic heterocycles. The van der Waals surface area contributed by atoms with Crippen molar-refractivity contribution < 1.29 is 9.90 Å². The van der Waals surface area contributed by atoms with Crippen molar-refractivity contribution in [2.45, 2.75) is 24.7 Å². The molecule has 0 aliphatic rings. The Morgan fingerprint density at radius 1 is 1.50 bits per heavy atom. The van der Waals surface area contributed by atoms with Crippen LogP contribution in [0.2, 0.25) is 0 Å². The largest absolute Gasteiger partial charge is 0.481 e. The van der Waals surface area contributed by atoms with Crippen LogP contribution in [0.3, 0.4) is 0 Å². The molecule has 0 radical (unpaired) electrons. The summed E-state index contributed by atoms with van der Waals surface area (Å²) in [6.07, 6.45) is 2.86. The van der Waals surface area contributed by atoms with Gasteiger partial charge in [-0.2, -0.15) is 0 Å². The van der Waals surface area contributed by atoms with Crippen LogP contribution in [0.4, 0.5) is 0 Å². The Morgan fingerprint density at radius 2 is 2.21 bits per heavy atom. The molecule has 3 heteroatoms. The van der Waals surface area contributed by atoms with Gasteiger partial charge in [-0.05, 0) is 36.8 Å². The smallest absolute Gasteiger partial charge is 0.303 e. The highest BCUT2D eigenvalue weighted by molar-refractivity contribution is 7.98. The molecule has 14 heavy (non-hydrogen) atoms. The van der Waals surface area contributed by atoms with Gasteiger partial charge in [0.15, 0.2) is 0 Å². The molecule has 76 valence electrons. The fourth-order valence-corrected chi connectivity index (χ4v) is 1.93. The van der Waals surface area contributed by atoms with Crippen LogP contribution >= 0.6 is 11.8 Å². The molecule has 0 amide bonds. The molecule has 1 aromatic rings. The molecule has 1 N–H and O–H groups in total. The van der Waals surface area contributed by atoms with E-state index in [1.807, 2.05) is 12.3 Å². The van der Waals surface area contributed by atoms with Gasteiger partial charge < -0.3 is 5.11 Å². The highest BCUT2D eigenvalue weighted by Gasteiger charge is 2.01. The Bertz CT molecular complexity index is 334. The maximum atomic E-state index is 10.4. The van der Waals surface area contributed by atoms with E-state index >= 15 is 0 Å². The number of thioether (sulfide) groups is 1. The third-order valence-electron chi connectivity index (χ3n) is 2.09. The zero-order valence-corrected chi connectivity index (χ0v) is 9.23. The van der Waals surface area contributed by atoms with Crippen molar-refractivity contribution in [1.29, 1.82) is 0 Å². The Balaban J connectivity index is 2.71. The summed E-state index contributed by atoms with van der Waals surface area (Å²) >= 11 is 1.71. The molecule has 2 nitrogen and oxygen atoms in total. The third-order valence-corrected chi connectivity index (χ3v) is 2.98. The van der Waals surface area contributed by atoms with Gasteiger partial charge in [0.2, 0.25) is 0 Å². The second-order valence-electron chi connectivity index (χ2n) is 3.20. The Kier molecular flexibility index (Phi) is 4.01. The number of carbonyl (C=O) groups is 1. The molecule has 0 atom stereocenters. The molecular weight excluding hydrogens is 196 g/mol. The fourth-order valence-electron chi connectivity index (χ4n) is 1.35. The number of aliphatic carboxylic acids is 1. The predicted octanol–water partition coefficient (Wildman–Crippen LogP) is 2.73. The van der Waals surface area contributed by atoms with Crippen molar-refractivity contribution in [3.8, 4) is 0 Å². The lowest BCUT2D eigenvalue weighted by molar-refractivity contribution is -0.136. The Morgan fingerprint density at radius 3 is 2.71 bits per heavy atom. The van der Waals surface area contributed by atoms with E-state index in [-0.39, 0.29) is 6.42 Å². The molecule has 0 aliphatic carbocycles. The molecule has 0 heterocycles. The van der Waals surface area contributed by atoms with E-state index in [0.717, 1.165) is 5.56 Å². The molecule has 0 bridgehead atoms. The van der Waals surface area contributed by atoms with E-state index in [4.69, 9.17) is 5.11 Å². The molecule has 0 unspecified atom stereocenters. The first-order valence-corrected chi connectivity index (χ1v) is 5.71. The maximum absolute atomic E-state index is 10.4. The number of carboxylic acid groups (broad SMARTS) is 1. The molecule has 0 aromatic heterocycles. The molecule has 0 fully saturated rings. The van der Waals surface area contributed by atoms with Gasteiger partial charge in [-0.3, -0.25) is 4.79 Å². The lowest BCUT2D eigenvalue weighted by atomic mass is 10.1. The van der Waals surface area contributed by atoms with E-state index in [2.05, 4.69) is 19.1 Å². The minimum absolute atomic E-state index is 0.206. The number of carboxylic acids is 1. The van der Waals surface area contributed by atoms with Crippen LogP contribution in [0.5, 0.6) is 0 Å². The van der Waals surface area contributed by atoms with Gasteiger partial charge in [-0.1, -0.05) is 12.1 Å². The van der Waals surface area contributed by atoms with Crippen LogP contribution in [-0.2, 0) is 11.2 Å². The molecule has 0 spiro atoms. The fraction of sp³-hybridized carbons (Fsp3) is 0.364. The number of benzene rings is 1. The Labute approximate surface area is 88.3 Å². The highest BCUT2D eigenvalue weighted by Crippen LogP contribution is 2.21. The summed E-state index contributed by atoms with van der Waals surface area (Å²) in [4.78, 5) is 11.6. The molecule has 0 saturated heterocycles. The lowest BCUT2D eigenvalue weighted by Crippen LogP contribution is -1.97. The Hall–Kier alpha value is -0.960. The summed E-state index contributed by atoms with van der Waals surface area (Å²) in [5, 5.41) is 8.54. The van der Waals surface area contributed by atoms with Gasteiger partial charge >= 0.3 is 5.97 Å². The lowest BCUT2D eigenvalue weighted by Gasteiger charge is -2.05. The normalized spacial score (nSPS) is 10.1. The highest BCUT2D eigenvalue weighted by atomic mass is 32.2. The second-order valence-corrected chi connectivity index (χ2v) is 4.05. The van der Waals surface area contributed by atoms with Crippen LogP contribution in [0.15, 0.2) is 23.1 Å². The summed E-state index contributed by atoms with van der Waals surface area (Å²) in [5.41, 5.74) is 2.32. The van der Waals surface area contributed by atoms with Crippen molar-refractivity contribution in [2.75, 3.05) is 6.26 Å². The van der Waals surface area contributed by atoms with Crippen molar-refractivity contribution >= 4 is 17.7 Å². The van der Waals surface area contributed by atoms with Crippen molar-refractivity contribution in [1.82, 2.24) is 0 Å². The minimum Gasteiger partial charge on any atom is -0.481 e. The van der Waals surface area contributed by atoms with E-state index in [1.54, 1.807) is 11.8 Å². The minimum atomic E-state index is -0.739. The quantitative estimate of drug-likeness (QED) is 0.776. The topological polar surface area (TPSA) is 37.3 Å². The zero-order chi connectivity index (χ0) is 10.6. The van der Waals surface area contributed by atoms with E-state index in [9.17, 15) is 4.79 Å². The summed E-state index contributed by atoms with van der Waals surface area (Å²) < 4.78 is 0.